The van der Waals surface area contributed by atoms with Gasteiger partial charge in [0.2, 0.25) is 0 Å². The van der Waals surface area contributed by atoms with Crippen molar-refractivity contribution in [3.63, 3.8) is 0 Å². The standard InChI is InChI=1S/C23H36N6O/c1-4-5-13-20-27-21-22(18-11-6-7-12-19(18)26-23(21)24)29(20)30-17-9-8-14-25-15-10-16-28(2)3/h6-7,11-12,25H,4-5,8-10,13-17H2,1-3H3,(H2,24,26). The van der Waals surface area contributed by atoms with Crippen molar-refractivity contribution in [2.75, 3.05) is 46.1 Å². The van der Waals surface area contributed by atoms with Crippen molar-refractivity contribution in [1.29, 1.82) is 0 Å². The first-order chi connectivity index (χ1) is 14.6. The largest absolute Gasteiger partial charge is 0.412 e. The Morgan fingerprint density at radius 1 is 1.07 bits per heavy atom. The molecule has 3 rings (SSSR count). The van der Waals surface area contributed by atoms with Gasteiger partial charge in [-0.1, -0.05) is 31.5 Å². The van der Waals surface area contributed by atoms with E-state index in [0.29, 0.717) is 12.4 Å². The fourth-order valence-corrected chi connectivity index (χ4v) is 3.61. The molecule has 3 aromatic rings. The van der Waals surface area contributed by atoms with Crippen LogP contribution in [0.5, 0.6) is 0 Å². The topological polar surface area (TPSA) is 81.2 Å². The lowest BCUT2D eigenvalue weighted by Crippen LogP contribution is -2.23. The number of anilines is 1. The first-order valence-corrected chi connectivity index (χ1v) is 11.2. The van der Waals surface area contributed by atoms with Crippen molar-refractivity contribution in [2.45, 2.75) is 45.4 Å². The molecule has 0 spiro atoms. The molecule has 3 N–H and O–H groups in total. The Bertz CT molecular complexity index is 936. The van der Waals surface area contributed by atoms with E-state index in [4.69, 9.17) is 15.6 Å². The molecule has 0 bridgehead atoms. The summed E-state index contributed by atoms with van der Waals surface area (Å²) in [7, 11) is 4.22. The third kappa shape index (κ3) is 5.61. The van der Waals surface area contributed by atoms with E-state index in [-0.39, 0.29) is 0 Å². The minimum absolute atomic E-state index is 0.464. The summed E-state index contributed by atoms with van der Waals surface area (Å²) < 4.78 is 1.91. The zero-order valence-corrected chi connectivity index (χ0v) is 18.7. The zero-order chi connectivity index (χ0) is 21.3. The molecule has 164 valence electrons. The van der Waals surface area contributed by atoms with Crippen molar-refractivity contribution in [3.05, 3.63) is 30.1 Å². The predicted octanol–water partition coefficient (Wildman–Crippen LogP) is 3.26. The summed E-state index contributed by atoms with van der Waals surface area (Å²) in [6.07, 6.45) is 6.29. The van der Waals surface area contributed by atoms with Gasteiger partial charge in [0.1, 0.15) is 23.5 Å². The Balaban J connectivity index is 1.66. The Kier molecular flexibility index (Phi) is 8.28. The second-order valence-corrected chi connectivity index (χ2v) is 8.08. The van der Waals surface area contributed by atoms with Crippen LogP contribution < -0.4 is 15.9 Å². The summed E-state index contributed by atoms with van der Waals surface area (Å²) in [5, 5.41) is 4.54. The van der Waals surface area contributed by atoms with Crippen molar-refractivity contribution in [3.8, 4) is 0 Å². The van der Waals surface area contributed by atoms with Crippen LogP contribution in [0.25, 0.3) is 21.9 Å². The summed E-state index contributed by atoms with van der Waals surface area (Å²) in [5.74, 6) is 1.39. The number of unbranched alkanes of at least 4 members (excludes halogenated alkanes) is 2. The smallest absolute Gasteiger partial charge is 0.152 e. The summed E-state index contributed by atoms with van der Waals surface area (Å²) in [5.41, 5.74) is 8.78. The van der Waals surface area contributed by atoms with Gasteiger partial charge in [0.05, 0.1) is 5.52 Å². The molecular weight excluding hydrogens is 376 g/mol. The van der Waals surface area contributed by atoms with E-state index in [9.17, 15) is 0 Å². The SMILES string of the molecule is CCCCc1nc2c(N)nc3ccccc3c2n1OCCCCNCCCN(C)C. The summed E-state index contributed by atoms with van der Waals surface area (Å²) in [6.45, 7) is 6.04. The number of aromatic nitrogens is 3. The average Bonchev–Trinajstić information content (AvgIpc) is 3.10. The summed E-state index contributed by atoms with van der Waals surface area (Å²) >= 11 is 0. The minimum Gasteiger partial charge on any atom is -0.412 e. The van der Waals surface area contributed by atoms with Gasteiger partial charge in [-0.25, -0.2) is 9.97 Å². The van der Waals surface area contributed by atoms with Gasteiger partial charge in [-0.05, 0) is 65.5 Å². The number of nitrogens with zero attached hydrogens (tertiary/aromatic N) is 4. The molecule has 2 aromatic heterocycles. The molecule has 0 saturated heterocycles. The maximum absolute atomic E-state index is 6.25. The predicted molar refractivity (Wildman–Crippen MR) is 125 cm³/mol. The van der Waals surface area contributed by atoms with Gasteiger partial charge in [0.25, 0.3) is 0 Å². The van der Waals surface area contributed by atoms with E-state index < -0.39 is 0 Å². The van der Waals surface area contributed by atoms with Crippen LogP contribution in [-0.2, 0) is 6.42 Å². The molecule has 2 heterocycles. The monoisotopic (exact) mass is 412 g/mol. The van der Waals surface area contributed by atoms with E-state index in [1.165, 1.54) is 6.42 Å². The normalized spacial score (nSPS) is 11.7. The number of nitrogens with two attached hydrogens (primary N) is 1. The fraction of sp³-hybridized carbons (Fsp3) is 0.565. The van der Waals surface area contributed by atoms with Crippen LogP contribution in [0, 0.1) is 0 Å². The Morgan fingerprint density at radius 2 is 1.87 bits per heavy atom. The van der Waals surface area contributed by atoms with Gasteiger partial charge in [0, 0.05) is 11.8 Å². The number of benzene rings is 1. The quantitative estimate of drug-likeness (QED) is 0.420. The van der Waals surface area contributed by atoms with Gasteiger partial charge < -0.3 is 20.8 Å². The molecule has 0 unspecified atom stereocenters. The lowest BCUT2D eigenvalue weighted by Gasteiger charge is -2.13. The van der Waals surface area contributed by atoms with Crippen molar-refractivity contribution < 1.29 is 4.84 Å². The number of nitrogen functional groups attached to an aromatic ring is 1. The van der Waals surface area contributed by atoms with Gasteiger partial charge in [-0.15, -0.1) is 0 Å². The van der Waals surface area contributed by atoms with Crippen LogP contribution in [0.3, 0.4) is 0 Å². The third-order valence-corrected chi connectivity index (χ3v) is 5.23. The molecule has 7 heteroatoms. The Hall–Kier alpha value is -2.38. The van der Waals surface area contributed by atoms with E-state index in [0.717, 1.165) is 79.5 Å². The van der Waals surface area contributed by atoms with Crippen LogP contribution in [0.15, 0.2) is 24.3 Å². The fourth-order valence-electron chi connectivity index (χ4n) is 3.61. The summed E-state index contributed by atoms with van der Waals surface area (Å²) in [6, 6.07) is 8.04. The van der Waals surface area contributed by atoms with Crippen LogP contribution in [0.1, 0.15) is 44.9 Å². The summed E-state index contributed by atoms with van der Waals surface area (Å²) in [4.78, 5) is 17.8. The van der Waals surface area contributed by atoms with Gasteiger partial charge in [-0.2, -0.15) is 4.73 Å². The van der Waals surface area contributed by atoms with Crippen LogP contribution in [-0.4, -0.2) is 59.9 Å². The van der Waals surface area contributed by atoms with Crippen LogP contribution in [0.4, 0.5) is 5.82 Å². The molecule has 0 aliphatic rings. The number of nitrogens with one attached hydrogen (secondary N) is 1. The number of rotatable bonds is 13. The lowest BCUT2D eigenvalue weighted by molar-refractivity contribution is 0.109. The number of imidazole rings is 1. The van der Waals surface area contributed by atoms with E-state index in [1.54, 1.807) is 0 Å². The van der Waals surface area contributed by atoms with E-state index in [1.807, 2.05) is 22.9 Å². The molecule has 0 fully saturated rings. The highest BCUT2D eigenvalue weighted by molar-refractivity contribution is 6.06. The number of para-hydroxylation sites is 1. The maximum Gasteiger partial charge on any atom is 0.152 e. The third-order valence-electron chi connectivity index (χ3n) is 5.23. The zero-order valence-electron chi connectivity index (χ0n) is 18.7. The van der Waals surface area contributed by atoms with Crippen LogP contribution >= 0.6 is 0 Å². The lowest BCUT2D eigenvalue weighted by atomic mass is 10.2. The molecule has 0 amide bonds. The number of pyridine rings is 1. The van der Waals surface area contributed by atoms with Crippen LogP contribution in [0.2, 0.25) is 0 Å². The number of hydrogen-bond acceptors (Lipinski definition) is 6. The number of hydrogen-bond donors (Lipinski definition) is 2. The highest BCUT2D eigenvalue weighted by Gasteiger charge is 2.18. The van der Waals surface area contributed by atoms with Gasteiger partial charge >= 0.3 is 0 Å². The van der Waals surface area contributed by atoms with E-state index >= 15 is 0 Å². The number of fused-ring (bicyclic) bond motifs is 3. The van der Waals surface area contributed by atoms with Crippen molar-refractivity contribution in [1.82, 2.24) is 24.9 Å². The Morgan fingerprint density at radius 3 is 2.67 bits per heavy atom. The first-order valence-electron chi connectivity index (χ1n) is 11.2. The van der Waals surface area contributed by atoms with Crippen molar-refractivity contribution in [2.24, 2.45) is 0 Å². The second-order valence-electron chi connectivity index (χ2n) is 8.08. The second kappa shape index (κ2) is 11.1. The molecular formula is C23H36N6O. The maximum atomic E-state index is 6.25. The van der Waals surface area contributed by atoms with Gasteiger partial charge in [-0.3, -0.25) is 0 Å². The molecule has 0 saturated carbocycles. The molecule has 30 heavy (non-hydrogen) atoms. The Labute approximate surface area is 179 Å². The molecule has 7 nitrogen and oxygen atoms in total. The molecule has 1 aromatic carbocycles. The molecule has 0 radical (unpaired) electrons. The average molecular weight is 413 g/mol. The minimum atomic E-state index is 0.464. The highest BCUT2D eigenvalue weighted by atomic mass is 16.7. The first kappa shape index (κ1) is 22.3. The molecule has 0 aliphatic heterocycles. The molecule has 0 atom stereocenters. The van der Waals surface area contributed by atoms with E-state index in [2.05, 4.69) is 42.3 Å². The number of aryl methyl sites for hydroxylation is 1. The van der Waals surface area contributed by atoms with Gasteiger partial charge in [0.15, 0.2) is 5.82 Å². The van der Waals surface area contributed by atoms with Crippen molar-refractivity contribution >= 4 is 27.8 Å². The highest BCUT2D eigenvalue weighted by Crippen LogP contribution is 2.28. The molecule has 0 aliphatic carbocycles.